The van der Waals surface area contributed by atoms with Crippen LogP contribution in [0, 0.1) is 5.92 Å². The van der Waals surface area contributed by atoms with Gasteiger partial charge in [0.1, 0.15) is 0 Å². The molecule has 31 heteroatoms. The number of unbranched alkanes of at least 4 members (excludes halogenated alkanes) is 5. The Morgan fingerprint density at radius 3 is 1.07 bits per heavy atom. The number of piperidine rings is 5. The summed E-state index contributed by atoms with van der Waals surface area (Å²) in [5, 5.41) is 25.5. The van der Waals surface area contributed by atoms with Gasteiger partial charge in [-0.15, -0.1) is 0 Å². The number of fused-ring (bicyclic) bond motifs is 2. The number of hydrogen-bond donors (Lipinski definition) is 3. The maximum atomic E-state index is 6.90. The van der Waals surface area contributed by atoms with Crippen molar-refractivity contribution in [2.75, 3.05) is 164 Å². The Hall–Kier alpha value is -6.39. The molecule has 3 aromatic rings. The molecule has 2 bridgehead atoms. The predicted octanol–water partition coefficient (Wildman–Crippen LogP) is 22.6. The van der Waals surface area contributed by atoms with E-state index in [1.807, 2.05) is 5.06 Å². The minimum Gasteiger partial charge on any atom is -0.353 e. The third-order valence-electron chi connectivity index (χ3n) is 30.7. The van der Waals surface area contributed by atoms with Crippen molar-refractivity contribution in [1.29, 1.82) is 0 Å². The van der Waals surface area contributed by atoms with Crippen LogP contribution in [0.3, 0.4) is 0 Å². The van der Waals surface area contributed by atoms with Crippen molar-refractivity contribution in [2.45, 2.75) is 494 Å². The fraction of sp³-hybridized carbons (Fsp3) is 0.864. The summed E-state index contributed by atoms with van der Waals surface area (Å²) in [4.78, 5) is 110. The van der Waals surface area contributed by atoms with Gasteiger partial charge in [-0.25, -0.2) is 5.06 Å². The summed E-state index contributed by atoms with van der Waals surface area (Å²) in [5.74, 6) is 6.37. The summed E-state index contributed by atoms with van der Waals surface area (Å²) in [7, 11) is 0. The van der Waals surface area contributed by atoms with Gasteiger partial charge in [-0.1, -0.05) is 127 Å². The first-order valence-electron chi connectivity index (χ1n) is 56.4. The number of rotatable bonds is 56. The maximum absolute atomic E-state index is 6.90. The van der Waals surface area contributed by atoms with Gasteiger partial charge in [0.05, 0.1) is 51.2 Å². The quantitative estimate of drug-likeness (QED) is 0.0475. The van der Waals surface area contributed by atoms with Gasteiger partial charge >= 0.3 is 0 Å². The topological polar surface area (TPSA) is 250 Å². The molecule has 0 spiro atoms. The van der Waals surface area contributed by atoms with Crippen LogP contribution < -0.4 is 45.3 Å². The molecule has 0 aromatic carbocycles. The van der Waals surface area contributed by atoms with Crippen molar-refractivity contribution in [2.24, 2.45) is 5.92 Å². The number of hydrogen-bond acceptors (Lipinski definition) is 31. The highest BCUT2D eigenvalue weighted by atomic mass is 16.7. The number of hydroxylamine groups is 12. The molecule has 7 aliphatic heterocycles. The Morgan fingerprint density at radius 2 is 0.688 bits per heavy atom. The zero-order valence-electron chi connectivity index (χ0n) is 95.3. The van der Waals surface area contributed by atoms with E-state index in [0.29, 0.717) is 126 Å². The molecule has 0 radical (unpaired) electrons. The fourth-order valence-electron chi connectivity index (χ4n) is 24.6. The normalized spacial score (nSPS) is 24.0. The van der Waals surface area contributed by atoms with Gasteiger partial charge in [-0.2, -0.15) is 65.1 Å². The molecule has 0 aliphatic carbocycles. The molecular formula is C110H203N25O6. The summed E-state index contributed by atoms with van der Waals surface area (Å²) < 4.78 is 0. The summed E-state index contributed by atoms with van der Waals surface area (Å²) in [6, 6.07) is 0.497. The minimum atomic E-state index is -0.316. The molecule has 141 heavy (non-hydrogen) atoms. The Labute approximate surface area is 856 Å². The van der Waals surface area contributed by atoms with Crippen LogP contribution in [0.2, 0.25) is 0 Å². The van der Waals surface area contributed by atoms with Crippen LogP contribution in [0.25, 0.3) is 0 Å². The van der Waals surface area contributed by atoms with Gasteiger partial charge in [0.2, 0.25) is 53.5 Å². The molecule has 5 atom stereocenters. The van der Waals surface area contributed by atoms with Crippen LogP contribution in [-0.2, 0) is 29.0 Å². The molecule has 6 saturated heterocycles. The number of allylic oxidation sites excluding steroid dienone is 3. The first-order valence-corrected chi connectivity index (χ1v) is 56.4. The molecule has 10 rings (SSSR count). The van der Waals surface area contributed by atoms with E-state index >= 15 is 0 Å². The van der Waals surface area contributed by atoms with Crippen molar-refractivity contribution in [3.05, 3.63) is 35.3 Å². The smallest absolute Gasteiger partial charge is 0.232 e. The average molecular weight is 1970 g/mol. The zero-order chi connectivity index (χ0) is 103. The van der Waals surface area contributed by atoms with Crippen molar-refractivity contribution < 1.29 is 29.0 Å². The molecule has 7 aliphatic rings. The lowest BCUT2D eigenvalue weighted by atomic mass is 9.69. The van der Waals surface area contributed by atoms with E-state index in [1.54, 1.807) is 0 Å². The van der Waals surface area contributed by atoms with E-state index in [4.69, 9.17) is 73.9 Å². The largest absolute Gasteiger partial charge is 0.353 e. The van der Waals surface area contributed by atoms with Gasteiger partial charge < -0.3 is 45.3 Å². The first-order chi connectivity index (χ1) is 67.0. The van der Waals surface area contributed by atoms with Crippen LogP contribution in [0.1, 0.15) is 408 Å². The first kappa shape index (κ1) is 117. The van der Waals surface area contributed by atoms with E-state index in [-0.39, 0.29) is 86.1 Å². The van der Waals surface area contributed by atoms with Crippen LogP contribution in [0.4, 0.5) is 53.5 Å². The molecule has 10 heterocycles. The van der Waals surface area contributed by atoms with Crippen molar-refractivity contribution in [3.63, 3.8) is 0 Å². The second kappa shape index (κ2) is 52.5. The van der Waals surface area contributed by atoms with Crippen molar-refractivity contribution in [1.82, 2.24) is 80.1 Å². The third kappa shape index (κ3) is 29.8. The predicted molar refractivity (Wildman–Crippen MR) is 583 cm³/mol. The molecule has 3 N–H and O–H groups in total. The highest BCUT2D eigenvalue weighted by Crippen LogP contribution is 2.51. The lowest BCUT2D eigenvalue weighted by Gasteiger charge is -2.59. The molecule has 0 saturated carbocycles. The van der Waals surface area contributed by atoms with Gasteiger partial charge in [0, 0.05) is 183 Å². The van der Waals surface area contributed by atoms with Crippen molar-refractivity contribution >= 4 is 53.5 Å². The number of nitrogens with zero attached hydrogens (tertiary/aromatic N) is 22. The van der Waals surface area contributed by atoms with E-state index in [2.05, 4.69) is 315 Å². The van der Waals surface area contributed by atoms with Gasteiger partial charge in [0.15, 0.2) is 0 Å². The standard InChI is InChI=1S/C110H203N25O6/c1-33-46-56-124(87-71-84(15)130(136-65-38-6)85(44-12)72-87)96-114-93(116-98(120-96)126(58-48-35-3)89-75-103(18,19)132(138-67-40-8)104(20,21)76-89)111-53-62-123(63-54-112-94-115-97(125(57-47-34-2)88-73-86(45-13)131(137-66-39-7)102(16,17)74-88)121-99(117-94)127(59-49-36-4)90-77-105(22,23)133(139-68-41-9)106(24,25)78-90)64-55-113-95-118-100(128(60-50-37-5)91-79-107(26,27)134(140-69-42-10)108(28,29)80-91)122-101(119-95)129-61-51-52-83(14)110(32)82-92(129)81-109(30,31)135(110)141-70-43-11/h44-45,71,83,87-92H,33-43,46-70,72-82H2,1-32H3,(H,111,114,116,120)(H,112,115,117,121)(H,113,118,119,122)/b85-44+,86-45+. The maximum Gasteiger partial charge on any atom is 0.232 e. The highest BCUT2D eigenvalue weighted by Gasteiger charge is 2.56. The molecule has 5 unspecified atom stereocenters. The molecule has 31 nitrogen and oxygen atoms in total. The van der Waals surface area contributed by atoms with Crippen molar-refractivity contribution in [3.8, 4) is 0 Å². The monoisotopic (exact) mass is 1970 g/mol. The summed E-state index contributed by atoms with van der Waals surface area (Å²) in [6.45, 7) is 85.9. The van der Waals surface area contributed by atoms with Crippen LogP contribution in [0.5, 0.6) is 0 Å². The Bertz CT molecular complexity index is 4300. The number of aromatic nitrogens is 9. The summed E-state index contributed by atoms with van der Waals surface area (Å²) >= 11 is 0. The highest BCUT2D eigenvalue weighted by molar-refractivity contribution is 5.52. The number of anilines is 9. The van der Waals surface area contributed by atoms with E-state index in [1.165, 1.54) is 5.70 Å². The van der Waals surface area contributed by atoms with Gasteiger partial charge in [0.25, 0.3) is 0 Å². The summed E-state index contributed by atoms with van der Waals surface area (Å²) in [5.41, 5.74) is 0.825. The van der Waals surface area contributed by atoms with E-state index in [9.17, 15) is 0 Å². The molecule has 0 amide bonds. The molecule has 6 fully saturated rings. The second-order valence-corrected chi connectivity index (χ2v) is 47.4. The van der Waals surface area contributed by atoms with Gasteiger partial charge in [-0.3, -0.25) is 39.0 Å². The lowest BCUT2D eigenvalue weighted by molar-refractivity contribution is -0.299. The molecule has 3 aromatic heterocycles. The van der Waals surface area contributed by atoms with Crippen LogP contribution >= 0.6 is 0 Å². The summed E-state index contributed by atoms with van der Waals surface area (Å²) in [6.07, 6.45) is 33.9. The fourth-order valence-corrected chi connectivity index (χ4v) is 24.6. The van der Waals surface area contributed by atoms with Gasteiger partial charge in [-0.05, 0) is 292 Å². The van der Waals surface area contributed by atoms with E-state index < -0.39 is 0 Å². The lowest BCUT2D eigenvalue weighted by Crippen LogP contribution is -2.68. The average Bonchev–Trinajstić information content (AvgIpc) is 0.738. The zero-order valence-corrected chi connectivity index (χ0v) is 95.3. The molecular weight excluding hydrogens is 1770 g/mol. The van der Waals surface area contributed by atoms with Crippen LogP contribution in [0.15, 0.2) is 35.3 Å². The Balaban J connectivity index is 1.12. The Kier molecular flexibility index (Phi) is 43.4. The van der Waals surface area contributed by atoms with Crippen LogP contribution in [-0.4, -0.2) is 284 Å². The SMILES string of the molecule is C/C=C1\CC(N(CCCC)c2nc(NCCN(CCNc3nc(N(CCCC)C4C/C(=C\C)N(OCCC)C(C)(C)C4)nc(N(CCCC)C4CC(C)(C)N(OCCC)C(C)(C)C4)n3)CCNc3nc(N(CCCC)C4CC(C)(C)N(OCCC)C(C)(C)C4)nc(N4CCCC(C)C5(C)CC4CC(C)(C)N5OCCC)n3)nc(N(CCCC)C3CC(C)(C)N(OCCC)C(C)(C)C3)n2)C=C(C)N1OCCC. The third-order valence-corrected chi connectivity index (χ3v) is 30.7. The molecule has 804 valence electrons. The van der Waals surface area contributed by atoms with E-state index in [0.717, 1.165) is 249 Å². The Morgan fingerprint density at radius 1 is 0.355 bits per heavy atom. The number of nitrogens with one attached hydrogen (secondary N) is 3. The second-order valence-electron chi connectivity index (χ2n) is 47.4. The minimum absolute atomic E-state index is 0.0490.